The number of amides is 2. The SMILES string of the molecule is C=CC[C@@H](CC(=O)NCCOCCO)C(=O)NC[C@H](OC(=O)[C@H](CC=C)Cc1ccccc1)c1ccccc1. The van der Waals surface area contributed by atoms with E-state index >= 15 is 0 Å². The van der Waals surface area contributed by atoms with Crippen molar-refractivity contribution in [3.63, 3.8) is 0 Å². The number of allylic oxidation sites excluding steroid dienone is 2. The second-order valence-corrected chi connectivity index (χ2v) is 9.10. The van der Waals surface area contributed by atoms with Gasteiger partial charge in [0, 0.05) is 13.0 Å². The van der Waals surface area contributed by atoms with Gasteiger partial charge in [-0.3, -0.25) is 14.4 Å². The molecule has 0 saturated heterocycles. The summed E-state index contributed by atoms with van der Waals surface area (Å²) in [5, 5.41) is 14.3. The first-order chi connectivity index (χ1) is 19.0. The Morgan fingerprint density at radius 2 is 1.51 bits per heavy atom. The molecular formula is C31H40N2O6. The van der Waals surface area contributed by atoms with Crippen LogP contribution in [0, 0.1) is 11.8 Å². The molecule has 0 radical (unpaired) electrons. The molecule has 2 aromatic carbocycles. The molecule has 3 N–H and O–H groups in total. The predicted octanol–water partition coefficient (Wildman–Crippen LogP) is 3.53. The molecule has 8 nitrogen and oxygen atoms in total. The maximum absolute atomic E-state index is 13.2. The van der Waals surface area contributed by atoms with Crippen molar-refractivity contribution in [2.24, 2.45) is 11.8 Å². The predicted molar refractivity (Wildman–Crippen MR) is 151 cm³/mol. The van der Waals surface area contributed by atoms with E-state index in [-0.39, 0.29) is 57.1 Å². The van der Waals surface area contributed by atoms with Crippen molar-refractivity contribution in [2.45, 2.75) is 31.8 Å². The van der Waals surface area contributed by atoms with Crippen LogP contribution in [0.4, 0.5) is 0 Å². The first-order valence-electron chi connectivity index (χ1n) is 13.2. The fourth-order valence-electron chi connectivity index (χ4n) is 4.04. The highest BCUT2D eigenvalue weighted by Crippen LogP contribution is 2.22. The van der Waals surface area contributed by atoms with Crippen LogP contribution in [-0.2, 0) is 30.3 Å². The molecule has 39 heavy (non-hydrogen) atoms. The smallest absolute Gasteiger partial charge is 0.310 e. The van der Waals surface area contributed by atoms with Gasteiger partial charge in [-0.25, -0.2) is 0 Å². The fourth-order valence-corrected chi connectivity index (χ4v) is 4.04. The third-order valence-corrected chi connectivity index (χ3v) is 6.06. The van der Waals surface area contributed by atoms with Crippen LogP contribution in [0.3, 0.4) is 0 Å². The van der Waals surface area contributed by atoms with Crippen LogP contribution in [-0.4, -0.2) is 55.8 Å². The Morgan fingerprint density at radius 1 is 0.872 bits per heavy atom. The van der Waals surface area contributed by atoms with Gasteiger partial charge in [-0.2, -0.15) is 0 Å². The lowest BCUT2D eigenvalue weighted by atomic mass is 9.96. The number of hydrogen-bond donors (Lipinski definition) is 3. The molecule has 0 spiro atoms. The van der Waals surface area contributed by atoms with Gasteiger partial charge in [0.25, 0.3) is 0 Å². The molecule has 0 aliphatic carbocycles. The van der Waals surface area contributed by atoms with E-state index in [1.54, 1.807) is 12.2 Å². The van der Waals surface area contributed by atoms with E-state index in [2.05, 4.69) is 23.8 Å². The summed E-state index contributed by atoms with van der Waals surface area (Å²) in [5.41, 5.74) is 1.78. The molecule has 0 heterocycles. The van der Waals surface area contributed by atoms with E-state index in [0.29, 0.717) is 19.3 Å². The van der Waals surface area contributed by atoms with Crippen molar-refractivity contribution in [1.82, 2.24) is 10.6 Å². The first kappa shape index (κ1) is 31.5. The second-order valence-electron chi connectivity index (χ2n) is 9.10. The number of esters is 1. The molecule has 3 atom stereocenters. The average Bonchev–Trinajstić information content (AvgIpc) is 2.95. The van der Waals surface area contributed by atoms with Gasteiger partial charge in [0.1, 0.15) is 6.10 Å². The number of benzene rings is 2. The number of ether oxygens (including phenoxy) is 2. The first-order valence-corrected chi connectivity index (χ1v) is 13.2. The Morgan fingerprint density at radius 3 is 2.15 bits per heavy atom. The van der Waals surface area contributed by atoms with Gasteiger partial charge in [0.2, 0.25) is 11.8 Å². The van der Waals surface area contributed by atoms with Gasteiger partial charge in [0.15, 0.2) is 0 Å². The molecule has 2 aromatic rings. The molecular weight excluding hydrogens is 496 g/mol. The second kappa shape index (κ2) is 18.5. The standard InChI is InChI=1S/C31H40N2O6/c1-3-11-26(22-29(35)32-17-19-38-20-18-34)30(36)33-23-28(25-15-9-6-10-16-25)39-31(37)27(12-4-2)21-24-13-7-5-8-14-24/h3-10,13-16,26-28,34H,1-2,11-12,17-23H2,(H,32,35)(H,33,36)/t26-,27+,28-/m0/s1. The highest BCUT2D eigenvalue weighted by atomic mass is 16.5. The Hall–Kier alpha value is -3.75. The topological polar surface area (TPSA) is 114 Å². The molecule has 0 bridgehead atoms. The lowest BCUT2D eigenvalue weighted by molar-refractivity contribution is -0.154. The molecule has 2 rings (SSSR count). The number of rotatable bonds is 19. The Kier molecular flexibility index (Phi) is 14.9. The van der Waals surface area contributed by atoms with Gasteiger partial charge in [-0.15, -0.1) is 13.2 Å². The molecule has 0 aromatic heterocycles. The zero-order valence-electron chi connectivity index (χ0n) is 22.4. The summed E-state index contributed by atoms with van der Waals surface area (Å²) in [4.78, 5) is 38.6. The summed E-state index contributed by atoms with van der Waals surface area (Å²) in [7, 11) is 0. The zero-order valence-corrected chi connectivity index (χ0v) is 22.4. The van der Waals surface area contributed by atoms with Crippen molar-refractivity contribution < 1.29 is 29.0 Å². The quantitative estimate of drug-likeness (QED) is 0.144. The van der Waals surface area contributed by atoms with Crippen LogP contribution in [0.1, 0.15) is 36.5 Å². The van der Waals surface area contributed by atoms with Gasteiger partial charge in [0.05, 0.1) is 38.2 Å². The lowest BCUT2D eigenvalue weighted by Crippen LogP contribution is -2.38. The fraction of sp³-hybridized carbons (Fsp3) is 0.387. The minimum absolute atomic E-state index is 0.0217. The number of aliphatic hydroxyl groups is 1. The molecule has 0 unspecified atom stereocenters. The maximum Gasteiger partial charge on any atom is 0.310 e. The van der Waals surface area contributed by atoms with Crippen molar-refractivity contribution >= 4 is 17.8 Å². The molecule has 0 aliphatic rings. The van der Waals surface area contributed by atoms with Crippen molar-refractivity contribution in [3.05, 3.63) is 97.1 Å². The molecule has 210 valence electrons. The highest BCUT2D eigenvalue weighted by Gasteiger charge is 2.26. The maximum atomic E-state index is 13.2. The highest BCUT2D eigenvalue weighted by molar-refractivity contribution is 5.86. The van der Waals surface area contributed by atoms with Gasteiger partial charge >= 0.3 is 5.97 Å². The third kappa shape index (κ3) is 12.1. The molecule has 0 saturated carbocycles. The number of hydrogen-bond acceptors (Lipinski definition) is 6. The molecule has 0 aliphatic heterocycles. The van der Waals surface area contributed by atoms with E-state index in [4.69, 9.17) is 14.6 Å². The Bertz CT molecular complexity index is 1030. The largest absolute Gasteiger partial charge is 0.455 e. The van der Waals surface area contributed by atoms with Crippen LogP contribution in [0.25, 0.3) is 0 Å². The number of nitrogens with one attached hydrogen (secondary N) is 2. The summed E-state index contributed by atoms with van der Waals surface area (Å²) in [6.45, 7) is 8.22. The Balaban J connectivity index is 2.03. The summed E-state index contributed by atoms with van der Waals surface area (Å²) < 4.78 is 11.1. The van der Waals surface area contributed by atoms with E-state index in [1.165, 1.54) is 0 Å². The van der Waals surface area contributed by atoms with Crippen LogP contribution >= 0.6 is 0 Å². The number of carbonyl (C=O) groups is 3. The molecule has 2 amide bonds. The average molecular weight is 537 g/mol. The van der Waals surface area contributed by atoms with Crippen LogP contribution in [0.2, 0.25) is 0 Å². The van der Waals surface area contributed by atoms with Crippen LogP contribution < -0.4 is 10.6 Å². The van der Waals surface area contributed by atoms with E-state index < -0.39 is 17.9 Å². The molecule has 8 heteroatoms. The minimum atomic E-state index is -0.701. The van der Waals surface area contributed by atoms with Crippen LogP contribution in [0.15, 0.2) is 86.0 Å². The summed E-state index contributed by atoms with van der Waals surface area (Å²) in [5.74, 6) is -2.02. The van der Waals surface area contributed by atoms with E-state index in [0.717, 1.165) is 11.1 Å². The summed E-state index contributed by atoms with van der Waals surface area (Å²) >= 11 is 0. The van der Waals surface area contributed by atoms with Crippen molar-refractivity contribution in [2.75, 3.05) is 32.9 Å². The van der Waals surface area contributed by atoms with E-state index in [9.17, 15) is 14.4 Å². The number of aliphatic hydroxyl groups excluding tert-OH is 1. The lowest BCUT2D eigenvalue weighted by Gasteiger charge is -2.23. The zero-order chi connectivity index (χ0) is 28.3. The number of carbonyl (C=O) groups excluding carboxylic acids is 3. The summed E-state index contributed by atoms with van der Waals surface area (Å²) in [6, 6.07) is 19.0. The van der Waals surface area contributed by atoms with Crippen molar-refractivity contribution in [1.29, 1.82) is 0 Å². The monoisotopic (exact) mass is 536 g/mol. The van der Waals surface area contributed by atoms with Crippen LogP contribution in [0.5, 0.6) is 0 Å². The normalized spacial score (nSPS) is 12.9. The third-order valence-electron chi connectivity index (χ3n) is 6.06. The minimum Gasteiger partial charge on any atom is -0.455 e. The Labute approximate surface area is 231 Å². The van der Waals surface area contributed by atoms with Gasteiger partial charge in [-0.1, -0.05) is 72.8 Å². The summed E-state index contributed by atoms with van der Waals surface area (Å²) in [6.07, 6.45) is 3.87. The van der Waals surface area contributed by atoms with Gasteiger partial charge in [-0.05, 0) is 30.4 Å². The van der Waals surface area contributed by atoms with E-state index in [1.807, 2.05) is 60.7 Å². The molecule has 0 fully saturated rings. The van der Waals surface area contributed by atoms with Crippen molar-refractivity contribution in [3.8, 4) is 0 Å². The van der Waals surface area contributed by atoms with Gasteiger partial charge < -0.3 is 25.2 Å².